The fourth-order valence-corrected chi connectivity index (χ4v) is 3.55. The highest BCUT2D eigenvalue weighted by Gasteiger charge is 2.28. The Kier molecular flexibility index (Phi) is 5.51. The largest absolute Gasteiger partial charge is 0.504 e. The quantitative estimate of drug-likeness (QED) is 0.851. The molecule has 2 rings (SSSR count). The van der Waals surface area contributed by atoms with Gasteiger partial charge >= 0.3 is 0 Å². The van der Waals surface area contributed by atoms with Gasteiger partial charge in [0.15, 0.2) is 11.5 Å². The van der Waals surface area contributed by atoms with Gasteiger partial charge in [-0.15, -0.1) is 0 Å². The smallest absolute Gasteiger partial charge is 0.160 e. The van der Waals surface area contributed by atoms with Crippen LogP contribution in [-0.2, 0) is 0 Å². The van der Waals surface area contributed by atoms with Crippen molar-refractivity contribution in [3.05, 3.63) is 23.8 Å². The first-order valence-electron chi connectivity index (χ1n) is 8.16. The summed E-state index contributed by atoms with van der Waals surface area (Å²) in [6, 6.07) is 6.48. The van der Waals surface area contributed by atoms with Gasteiger partial charge in [-0.3, -0.25) is 0 Å². The number of aromatic hydroxyl groups is 1. The Morgan fingerprint density at radius 3 is 2.57 bits per heavy atom. The van der Waals surface area contributed by atoms with Crippen molar-refractivity contribution < 1.29 is 9.84 Å². The van der Waals surface area contributed by atoms with Gasteiger partial charge in [-0.2, -0.15) is 0 Å². The lowest BCUT2D eigenvalue weighted by molar-refractivity contribution is 0.194. The number of hydrogen-bond acceptors (Lipinski definition) is 3. The number of phenolic OH excluding ortho intramolecular Hbond substituents is 1. The third-order valence-electron chi connectivity index (χ3n) is 4.84. The highest BCUT2D eigenvalue weighted by molar-refractivity contribution is 5.42. The van der Waals surface area contributed by atoms with Crippen LogP contribution >= 0.6 is 0 Å². The van der Waals surface area contributed by atoms with Crippen LogP contribution in [0.2, 0.25) is 0 Å². The van der Waals surface area contributed by atoms with E-state index < -0.39 is 0 Å². The lowest BCUT2D eigenvalue weighted by Crippen LogP contribution is -2.42. The van der Waals surface area contributed by atoms with Crippen LogP contribution in [0.25, 0.3) is 0 Å². The van der Waals surface area contributed by atoms with Crippen LogP contribution in [0.3, 0.4) is 0 Å². The van der Waals surface area contributed by atoms with Crippen LogP contribution in [0.15, 0.2) is 18.2 Å². The fraction of sp³-hybridized carbons (Fsp3) is 0.667. The number of phenols is 1. The zero-order valence-electron chi connectivity index (χ0n) is 13.7. The molecule has 3 heteroatoms. The molecule has 0 bridgehead atoms. The van der Waals surface area contributed by atoms with Crippen molar-refractivity contribution in [1.82, 2.24) is 5.32 Å². The van der Waals surface area contributed by atoms with Crippen LogP contribution in [0.4, 0.5) is 0 Å². The molecule has 3 atom stereocenters. The van der Waals surface area contributed by atoms with Crippen molar-refractivity contribution in [2.75, 3.05) is 7.11 Å². The Morgan fingerprint density at radius 2 is 1.90 bits per heavy atom. The molecule has 3 unspecified atom stereocenters. The molecule has 0 heterocycles. The average Bonchev–Trinajstić information content (AvgIpc) is 2.48. The molecule has 3 nitrogen and oxygen atoms in total. The Hall–Kier alpha value is -1.22. The third kappa shape index (κ3) is 3.91. The second-order valence-electron chi connectivity index (χ2n) is 6.62. The van der Waals surface area contributed by atoms with E-state index >= 15 is 0 Å². The summed E-state index contributed by atoms with van der Waals surface area (Å²) in [6.07, 6.45) is 5.29. The molecule has 0 aromatic heterocycles. The first-order valence-corrected chi connectivity index (χ1v) is 8.16. The van der Waals surface area contributed by atoms with Gasteiger partial charge in [0.2, 0.25) is 0 Å². The van der Waals surface area contributed by atoms with Crippen molar-refractivity contribution in [2.45, 2.75) is 58.5 Å². The van der Waals surface area contributed by atoms with Crippen LogP contribution in [0, 0.1) is 11.8 Å². The number of benzene rings is 1. The molecule has 1 aromatic carbocycles. The van der Waals surface area contributed by atoms with Crippen molar-refractivity contribution in [3.63, 3.8) is 0 Å². The van der Waals surface area contributed by atoms with Crippen LogP contribution in [0.5, 0.6) is 11.5 Å². The summed E-state index contributed by atoms with van der Waals surface area (Å²) < 4.78 is 5.21. The highest BCUT2D eigenvalue weighted by Crippen LogP contribution is 2.33. The predicted molar refractivity (Wildman–Crippen MR) is 86.8 cm³/mol. The molecule has 2 N–H and O–H groups in total. The first kappa shape index (κ1) is 16.2. The molecule has 21 heavy (non-hydrogen) atoms. The summed E-state index contributed by atoms with van der Waals surface area (Å²) in [5.74, 6) is 2.24. The minimum atomic E-state index is 0.200. The second kappa shape index (κ2) is 7.17. The minimum Gasteiger partial charge on any atom is -0.504 e. The maximum atomic E-state index is 9.71. The lowest BCUT2D eigenvalue weighted by Gasteiger charge is -2.37. The summed E-state index contributed by atoms with van der Waals surface area (Å²) in [4.78, 5) is 0. The lowest BCUT2D eigenvalue weighted by atomic mass is 9.77. The van der Waals surface area contributed by atoms with Gasteiger partial charge in [-0.1, -0.05) is 32.8 Å². The van der Waals surface area contributed by atoms with E-state index in [9.17, 15) is 5.11 Å². The average molecular weight is 291 g/mol. The van der Waals surface area contributed by atoms with E-state index in [0.29, 0.717) is 11.8 Å². The van der Waals surface area contributed by atoms with Crippen LogP contribution in [0.1, 0.15) is 58.1 Å². The number of hydrogen-bond donors (Lipinski definition) is 2. The summed E-state index contributed by atoms with van der Waals surface area (Å²) in [5.41, 5.74) is 1.16. The van der Waals surface area contributed by atoms with Crippen LogP contribution in [-0.4, -0.2) is 18.3 Å². The van der Waals surface area contributed by atoms with Gasteiger partial charge in [0.05, 0.1) is 7.11 Å². The molecule has 1 aliphatic rings. The Morgan fingerprint density at radius 1 is 1.19 bits per heavy atom. The molecule has 0 amide bonds. The van der Waals surface area contributed by atoms with Gasteiger partial charge < -0.3 is 15.2 Å². The van der Waals surface area contributed by atoms with E-state index in [-0.39, 0.29) is 11.8 Å². The molecule has 0 spiro atoms. The van der Waals surface area contributed by atoms with E-state index in [2.05, 4.69) is 26.1 Å². The molecular weight excluding hydrogens is 262 g/mol. The molecule has 0 saturated heterocycles. The first-order chi connectivity index (χ1) is 10.0. The van der Waals surface area contributed by atoms with Gasteiger partial charge in [-0.25, -0.2) is 0 Å². The monoisotopic (exact) mass is 291 g/mol. The normalized spacial score (nSPS) is 24.0. The molecular formula is C18H29NO2. The number of rotatable bonds is 5. The number of ether oxygens (including phenoxy) is 1. The van der Waals surface area contributed by atoms with E-state index in [4.69, 9.17) is 4.74 Å². The predicted octanol–water partition coefficient (Wildman–Crippen LogP) is 4.27. The van der Waals surface area contributed by atoms with E-state index in [1.807, 2.05) is 12.1 Å². The van der Waals surface area contributed by atoms with E-state index in [1.165, 1.54) is 25.7 Å². The summed E-state index contributed by atoms with van der Waals surface area (Å²) in [6.45, 7) is 6.86. The van der Waals surface area contributed by atoms with Crippen molar-refractivity contribution >= 4 is 0 Å². The molecule has 1 fully saturated rings. The highest BCUT2D eigenvalue weighted by atomic mass is 16.5. The molecule has 0 aliphatic heterocycles. The molecule has 1 aliphatic carbocycles. The number of nitrogens with one attached hydrogen (secondary N) is 1. The van der Waals surface area contributed by atoms with Gasteiger partial charge in [0.1, 0.15) is 0 Å². The topological polar surface area (TPSA) is 41.5 Å². The molecule has 0 radical (unpaired) electrons. The molecule has 118 valence electrons. The van der Waals surface area contributed by atoms with E-state index in [0.717, 1.165) is 17.4 Å². The number of methoxy groups -OCH3 is 1. The summed E-state index contributed by atoms with van der Waals surface area (Å²) in [7, 11) is 1.59. The standard InChI is InChI=1S/C18H29NO2/c1-12(2)15-7-5-6-8-16(15)19-13(3)14-9-10-17(20)18(11-14)21-4/h9-13,15-16,19-20H,5-8H2,1-4H3. The maximum Gasteiger partial charge on any atom is 0.160 e. The zero-order valence-corrected chi connectivity index (χ0v) is 13.7. The third-order valence-corrected chi connectivity index (χ3v) is 4.84. The zero-order chi connectivity index (χ0) is 15.4. The van der Waals surface area contributed by atoms with Crippen molar-refractivity contribution in [2.24, 2.45) is 11.8 Å². The minimum absolute atomic E-state index is 0.200. The van der Waals surface area contributed by atoms with Crippen molar-refractivity contribution in [3.8, 4) is 11.5 Å². The molecule has 1 aromatic rings. The summed E-state index contributed by atoms with van der Waals surface area (Å²) in [5, 5.41) is 13.5. The second-order valence-corrected chi connectivity index (χ2v) is 6.62. The van der Waals surface area contributed by atoms with Gasteiger partial charge in [0.25, 0.3) is 0 Å². The molecule has 1 saturated carbocycles. The Bertz CT molecular complexity index is 459. The van der Waals surface area contributed by atoms with Gasteiger partial charge in [0, 0.05) is 12.1 Å². The Balaban J connectivity index is 2.07. The van der Waals surface area contributed by atoms with Crippen molar-refractivity contribution in [1.29, 1.82) is 0 Å². The van der Waals surface area contributed by atoms with Gasteiger partial charge in [-0.05, 0) is 49.3 Å². The maximum absolute atomic E-state index is 9.71. The fourth-order valence-electron chi connectivity index (χ4n) is 3.55. The van der Waals surface area contributed by atoms with Crippen LogP contribution < -0.4 is 10.1 Å². The SMILES string of the molecule is COc1cc(C(C)NC2CCCCC2C(C)C)ccc1O. The Labute approximate surface area is 128 Å². The van der Waals surface area contributed by atoms with E-state index in [1.54, 1.807) is 13.2 Å². The summed E-state index contributed by atoms with van der Waals surface area (Å²) >= 11 is 0.